The van der Waals surface area contributed by atoms with Crippen molar-refractivity contribution < 1.29 is 30.0 Å². The largest absolute Gasteiger partial charge is 0.504 e. The summed E-state index contributed by atoms with van der Waals surface area (Å²) < 4.78 is 0. The SMILES string of the molecule is O=C(NCCNCCNC(=O)c1cccc(O)c1O)c1cccc(O)c1O. The molecule has 0 spiro atoms. The number of amides is 2. The topological polar surface area (TPSA) is 151 Å². The predicted molar refractivity (Wildman–Crippen MR) is 97.1 cm³/mol. The highest BCUT2D eigenvalue weighted by molar-refractivity contribution is 5.98. The molecule has 9 heteroatoms. The standard InChI is InChI=1S/C18H21N3O6/c22-13-5-1-3-11(15(13)24)17(26)20-9-7-19-8-10-21-18(27)12-4-2-6-14(23)16(12)25/h1-6,19,22-25H,7-10H2,(H,20,26)(H,21,27). The van der Waals surface area contributed by atoms with Crippen molar-refractivity contribution in [2.45, 2.75) is 0 Å². The molecule has 0 aliphatic carbocycles. The molecule has 0 aliphatic heterocycles. The first-order chi connectivity index (χ1) is 12.9. The molecule has 2 aromatic carbocycles. The minimum atomic E-state index is -0.516. The molecule has 0 bridgehead atoms. The Kier molecular flexibility index (Phi) is 6.84. The summed E-state index contributed by atoms with van der Waals surface area (Å²) in [5.74, 6) is -2.71. The molecule has 0 fully saturated rings. The van der Waals surface area contributed by atoms with E-state index in [-0.39, 0.29) is 35.7 Å². The Morgan fingerprint density at radius 3 is 1.48 bits per heavy atom. The van der Waals surface area contributed by atoms with Crippen LogP contribution in [-0.4, -0.2) is 58.4 Å². The number of benzene rings is 2. The van der Waals surface area contributed by atoms with Crippen LogP contribution in [0.25, 0.3) is 0 Å². The quantitative estimate of drug-likeness (QED) is 0.258. The lowest BCUT2D eigenvalue weighted by molar-refractivity contribution is 0.0944. The van der Waals surface area contributed by atoms with Crippen molar-refractivity contribution in [2.75, 3.05) is 26.2 Å². The van der Waals surface area contributed by atoms with Gasteiger partial charge in [-0.2, -0.15) is 0 Å². The van der Waals surface area contributed by atoms with Gasteiger partial charge in [0.25, 0.3) is 11.8 Å². The number of hydrogen-bond acceptors (Lipinski definition) is 7. The van der Waals surface area contributed by atoms with Crippen molar-refractivity contribution in [1.82, 2.24) is 16.0 Å². The molecule has 2 rings (SSSR count). The average molecular weight is 375 g/mol. The summed E-state index contributed by atoms with van der Waals surface area (Å²) in [7, 11) is 0. The third kappa shape index (κ3) is 5.25. The van der Waals surface area contributed by atoms with Crippen LogP contribution in [0, 0.1) is 0 Å². The highest BCUT2D eigenvalue weighted by Gasteiger charge is 2.14. The molecule has 0 radical (unpaired) electrons. The summed E-state index contributed by atoms with van der Waals surface area (Å²) in [4.78, 5) is 23.8. The van der Waals surface area contributed by atoms with Crippen LogP contribution < -0.4 is 16.0 Å². The molecule has 27 heavy (non-hydrogen) atoms. The molecule has 7 N–H and O–H groups in total. The van der Waals surface area contributed by atoms with Gasteiger partial charge in [-0.15, -0.1) is 0 Å². The van der Waals surface area contributed by atoms with E-state index in [2.05, 4.69) is 16.0 Å². The first-order valence-electron chi connectivity index (χ1n) is 8.20. The number of phenolic OH excluding ortho intramolecular Hbond substituents is 4. The van der Waals surface area contributed by atoms with E-state index in [1.54, 1.807) is 0 Å². The van der Waals surface area contributed by atoms with E-state index in [1.165, 1.54) is 36.4 Å². The zero-order chi connectivity index (χ0) is 19.8. The van der Waals surface area contributed by atoms with Gasteiger partial charge in [0.15, 0.2) is 23.0 Å². The third-order valence-electron chi connectivity index (χ3n) is 3.69. The predicted octanol–water partition coefficient (Wildman–Crippen LogP) is 0.258. The number of carbonyl (C=O) groups excluding carboxylic acids is 2. The van der Waals surface area contributed by atoms with Crippen molar-refractivity contribution in [3.63, 3.8) is 0 Å². The number of rotatable bonds is 8. The minimum absolute atomic E-state index is 0.0202. The Bertz CT molecular complexity index is 757. The zero-order valence-electron chi connectivity index (χ0n) is 14.4. The van der Waals surface area contributed by atoms with E-state index < -0.39 is 23.3 Å². The molecule has 9 nitrogen and oxygen atoms in total. The Balaban J connectivity index is 1.65. The maximum absolute atomic E-state index is 11.9. The third-order valence-corrected chi connectivity index (χ3v) is 3.69. The van der Waals surface area contributed by atoms with E-state index in [0.29, 0.717) is 13.1 Å². The second-order valence-electron chi connectivity index (χ2n) is 5.61. The molecule has 2 amide bonds. The fourth-order valence-corrected chi connectivity index (χ4v) is 2.27. The monoisotopic (exact) mass is 375 g/mol. The Labute approximate surface area is 155 Å². The molecular weight excluding hydrogens is 354 g/mol. The molecule has 0 heterocycles. The molecule has 144 valence electrons. The molecule has 0 aromatic heterocycles. The van der Waals surface area contributed by atoms with E-state index in [1.807, 2.05) is 0 Å². The highest BCUT2D eigenvalue weighted by Crippen LogP contribution is 2.28. The smallest absolute Gasteiger partial charge is 0.255 e. The van der Waals surface area contributed by atoms with Crippen LogP contribution in [0.2, 0.25) is 0 Å². The van der Waals surface area contributed by atoms with Crippen LogP contribution >= 0.6 is 0 Å². The summed E-state index contributed by atoms with van der Waals surface area (Å²) in [6.45, 7) is 1.38. The Hall–Kier alpha value is -3.46. The summed E-state index contributed by atoms with van der Waals surface area (Å²) in [5, 5.41) is 46.2. The zero-order valence-corrected chi connectivity index (χ0v) is 14.4. The van der Waals surface area contributed by atoms with Crippen molar-refractivity contribution in [3.05, 3.63) is 47.5 Å². The molecule has 2 aromatic rings. The summed E-state index contributed by atoms with van der Waals surface area (Å²) in [6, 6.07) is 8.25. The maximum atomic E-state index is 11.9. The highest BCUT2D eigenvalue weighted by atomic mass is 16.3. The van der Waals surface area contributed by atoms with Crippen molar-refractivity contribution in [2.24, 2.45) is 0 Å². The lowest BCUT2D eigenvalue weighted by Crippen LogP contribution is -2.36. The maximum Gasteiger partial charge on any atom is 0.255 e. The lowest BCUT2D eigenvalue weighted by Gasteiger charge is -2.10. The summed E-state index contributed by atoms with van der Waals surface area (Å²) in [6.07, 6.45) is 0. The Morgan fingerprint density at radius 1 is 0.667 bits per heavy atom. The van der Waals surface area contributed by atoms with Gasteiger partial charge in [-0.25, -0.2) is 0 Å². The van der Waals surface area contributed by atoms with Crippen LogP contribution in [0.1, 0.15) is 20.7 Å². The molecule has 0 aliphatic rings. The first-order valence-corrected chi connectivity index (χ1v) is 8.20. The number of para-hydroxylation sites is 2. The van der Waals surface area contributed by atoms with E-state index in [4.69, 9.17) is 0 Å². The minimum Gasteiger partial charge on any atom is -0.504 e. The van der Waals surface area contributed by atoms with Crippen LogP contribution in [0.4, 0.5) is 0 Å². The van der Waals surface area contributed by atoms with Crippen molar-refractivity contribution in [3.8, 4) is 23.0 Å². The van der Waals surface area contributed by atoms with Gasteiger partial charge in [-0.1, -0.05) is 12.1 Å². The molecule has 0 saturated carbocycles. The van der Waals surface area contributed by atoms with Gasteiger partial charge in [0.05, 0.1) is 11.1 Å². The number of aromatic hydroxyl groups is 4. The fourth-order valence-electron chi connectivity index (χ4n) is 2.27. The second-order valence-corrected chi connectivity index (χ2v) is 5.61. The molecule has 0 saturated heterocycles. The summed E-state index contributed by atoms with van der Waals surface area (Å²) >= 11 is 0. The number of carbonyl (C=O) groups is 2. The van der Waals surface area contributed by atoms with Crippen LogP contribution in [0.3, 0.4) is 0 Å². The lowest BCUT2D eigenvalue weighted by atomic mass is 10.1. The Morgan fingerprint density at radius 2 is 1.07 bits per heavy atom. The normalized spacial score (nSPS) is 10.4. The second kappa shape index (κ2) is 9.30. The van der Waals surface area contributed by atoms with Gasteiger partial charge in [-0.05, 0) is 24.3 Å². The van der Waals surface area contributed by atoms with E-state index in [0.717, 1.165) is 0 Å². The summed E-state index contributed by atoms with van der Waals surface area (Å²) in [5.41, 5.74) is -0.0404. The van der Waals surface area contributed by atoms with Crippen molar-refractivity contribution in [1.29, 1.82) is 0 Å². The van der Waals surface area contributed by atoms with E-state index in [9.17, 15) is 30.0 Å². The van der Waals surface area contributed by atoms with Gasteiger partial charge in [-0.3, -0.25) is 9.59 Å². The van der Waals surface area contributed by atoms with Crippen molar-refractivity contribution >= 4 is 11.8 Å². The molecular formula is C18H21N3O6. The van der Waals surface area contributed by atoms with E-state index >= 15 is 0 Å². The van der Waals surface area contributed by atoms with Crippen LogP contribution in [0.15, 0.2) is 36.4 Å². The number of phenols is 4. The number of nitrogens with one attached hydrogen (secondary N) is 3. The van der Waals surface area contributed by atoms with Gasteiger partial charge < -0.3 is 36.4 Å². The van der Waals surface area contributed by atoms with Gasteiger partial charge >= 0.3 is 0 Å². The van der Waals surface area contributed by atoms with Gasteiger partial charge in [0, 0.05) is 26.2 Å². The first kappa shape index (κ1) is 19.9. The molecule has 0 unspecified atom stereocenters. The fraction of sp³-hybridized carbons (Fsp3) is 0.222. The van der Waals surface area contributed by atoms with Crippen LogP contribution in [0.5, 0.6) is 23.0 Å². The van der Waals surface area contributed by atoms with Gasteiger partial charge in [0.1, 0.15) is 0 Å². The van der Waals surface area contributed by atoms with Gasteiger partial charge in [0.2, 0.25) is 0 Å². The number of hydrogen-bond donors (Lipinski definition) is 7. The van der Waals surface area contributed by atoms with Crippen LogP contribution in [-0.2, 0) is 0 Å². The molecule has 0 atom stereocenters. The average Bonchev–Trinajstić information content (AvgIpc) is 2.65.